The number of nitriles is 1. The molecule has 2 saturated heterocycles. The summed E-state index contributed by atoms with van der Waals surface area (Å²) in [5.41, 5.74) is -1.03. The van der Waals surface area contributed by atoms with Gasteiger partial charge in [-0.05, 0) is 49.8 Å². The number of hydrogen-bond acceptors (Lipinski definition) is 5. The predicted molar refractivity (Wildman–Crippen MR) is 120 cm³/mol. The molecule has 0 radical (unpaired) electrons. The van der Waals surface area contributed by atoms with Crippen molar-refractivity contribution in [2.75, 3.05) is 58.4 Å². The molecular formula is C24H31F3N4O3. The molecule has 3 rings (SSSR count). The van der Waals surface area contributed by atoms with Crippen LogP contribution in [0.4, 0.5) is 18.9 Å². The van der Waals surface area contributed by atoms with Crippen LogP contribution in [0.15, 0.2) is 18.2 Å². The summed E-state index contributed by atoms with van der Waals surface area (Å²) >= 11 is 0. The number of halogens is 3. The van der Waals surface area contributed by atoms with Gasteiger partial charge in [0.1, 0.15) is 6.61 Å². The third kappa shape index (κ3) is 5.63. The highest BCUT2D eigenvalue weighted by molar-refractivity contribution is 5.80. The van der Waals surface area contributed by atoms with Gasteiger partial charge in [0, 0.05) is 52.6 Å². The summed E-state index contributed by atoms with van der Waals surface area (Å²) in [7, 11) is 3.36. The van der Waals surface area contributed by atoms with Crippen molar-refractivity contribution in [2.45, 2.75) is 25.9 Å². The van der Waals surface area contributed by atoms with Crippen molar-refractivity contribution in [1.29, 1.82) is 5.26 Å². The van der Waals surface area contributed by atoms with Crippen molar-refractivity contribution in [1.82, 2.24) is 9.80 Å². The highest BCUT2D eigenvalue weighted by atomic mass is 19.4. The number of nitrogens with zero attached hydrogens (tertiary/aromatic N) is 4. The molecule has 2 aliphatic heterocycles. The van der Waals surface area contributed by atoms with Crippen molar-refractivity contribution in [3.63, 3.8) is 0 Å². The lowest BCUT2D eigenvalue weighted by molar-refractivity contribution is -0.139. The van der Waals surface area contributed by atoms with Gasteiger partial charge < -0.3 is 19.4 Å². The Morgan fingerprint density at radius 1 is 1.21 bits per heavy atom. The number of likely N-dealkylation sites (tertiary alicyclic amines) is 1. The molecule has 0 saturated carbocycles. The Hall–Kier alpha value is -2.80. The molecule has 1 aromatic carbocycles. The zero-order chi connectivity index (χ0) is 25.0. The number of rotatable bonds is 6. The second-order valence-electron chi connectivity index (χ2n) is 9.10. The van der Waals surface area contributed by atoms with E-state index in [1.54, 1.807) is 25.1 Å². The Labute approximate surface area is 198 Å². The summed E-state index contributed by atoms with van der Waals surface area (Å²) in [6, 6.07) is 5.32. The van der Waals surface area contributed by atoms with Gasteiger partial charge in [-0.1, -0.05) is 0 Å². The third-order valence-corrected chi connectivity index (χ3v) is 6.84. The first-order chi connectivity index (χ1) is 16.1. The van der Waals surface area contributed by atoms with Crippen LogP contribution in [0.2, 0.25) is 0 Å². The molecule has 2 amide bonds. The summed E-state index contributed by atoms with van der Waals surface area (Å²) in [4.78, 5) is 30.4. The first-order valence-corrected chi connectivity index (χ1v) is 11.5. The lowest BCUT2D eigenvalue weighted by Gasteiger charge is -2.36. The van der Waals surface area contributed by atoms with E-state index >= 15 is 0 Å². The fourth-order valence-electron chi connectivity index (χ4n) is 5.03. The molecule has 2 heterocycles. The Balaban J connectivity index is 1.79. The van der Waals surface area contributed by atoms with Crippen molar-refractivity contribution >= 4 is 17.5 Å². The fourth-order valence-corrected chi connectivity index (χ4v) is 5.03. The average molecular weight is 481 g/mol. The van der Waals surface area contributed by atoms with Gasteiger partial charge in [-0.25, -0.2) is 0 Å². The third-order valence-electron chi connectivity index (χ3n) is 6.84. The van der Waals surface area contributed by atoms with Crippen LogP contribution in [0, 0.1) is 29.1 Å². The van der Waals surface area contributed by atoms with Crippen LogP contribution < -0.4 is 4.90 Å². The van der Waals surface area contributed by atoms with E-state index in [1.807, 2.05) is 11.8 Å². The monoisotopic (exact) mass is 480 g/mol. The largest absolute Gasteiger partial charge is 0.417 e. The number of piperidine rings is 1. The Morgan fingerprint density at radius 3 is 2.44 bits per heavy atom. The van der Waals surface area contributed by atoms with E-state index in [1.165, 1.54) is 17.0 Å². The molecule has 0 bridgehead atoms. The zero-order valence-corrected chi connectivity index (χ0v) is 19.8. The number of alkyl halides is 3. The summed E-state index contributed by atoms with van der Waals surface area (Å²) in [5.74, 6) is -0.311. The normalized spacial score (nSPS) is 21.4. The fraction of sp³-hybridized carbons (Fsp3) is 0.625. The number of ether oxygens (including phenoxy) is 1. The second kappa shape index (κ2) is 10.6. The molecule has 2 aliphatic rings. The number of amides is 2. The number of carbonyl (C=O) groups excluding carboxylic acids is 2. The maximum Gasteiger partial charge on any atom is 0.417 e. The van der Waals surface area contributed by atoms with E-state index in [0.717, 1.165) is 18.9 Å². The van der Waals surface area contributed by atoms with Gasteiger partial charge in [0.15, 0.2) is 0 Å². The predicted octanol–water partition coefficient (Wildman–Crippen LogP) is 2.99. The minimum absolute atomic E-state index is 0.0379. The van der Waals surface area contributed by atoms with Crippen molar-refractivity contribution < 1.29 is 27.5 Å². The van der Waals surface area contributed by atoms with E-state index < -0.39 is 17.3 Å². The Bertz CT molecular complexity index is 936. The smallest absolute Gasteiger partial charge is 0.372 e. The number of benzene rings is 1. The van der Waals surface area contributed by atoms with Gasteiger partial charge in [-0.2, -0.15) is 18.4 Å². The van der Waals surface area contributed by atoms with Gasteiger partial charge in [-0.3, -0.25) is 9.59 Å². The van der Waals surface area contributed by atoms with Gasteiger partial charge in [-0.15, -0.1) is 0 Å². The Kier molecular flexibility index (Phi) is 8.08. The standard InChI is InChI=1S/C24H31F3N4O3/c1-4-34-15-22(32)30-9-7-16(8-10-30)19-13-31(14-20(19)23(33)29(2)3)18-6-5-17(12-28)21(11-18)24(25,26)27/h5-6,11,16,19-20H,4,7-10,13-15H2,1-3H3/t19-,20+/m0/s1. The minimum Gasteiger partial charge on any atom is -0.372 e. The van der Waals surface area contributed by atoms with E-state index in [2.05, 4.69) is 0 Å². The number of hydrogen-bond donors (Lipinski definition) is 0. The number of carbonyl (C=O) groups is 2. The summed E-state index contributed by atoms with van der Waals surface area (Å²) in [6.45, 7) is 4.27. The van der Waals surface area contributed by atoms with Crippen LogP contribution in [0.1, 0.15) is 30.9 Å². The van der Waals surface area contributed by atoms with E-state index in [4.69, 9.17) is 10.00 Å². The molecule has 0 aromatic heterocycles. The van der Waals surface area contributed by atoms with Crippen LogP contribution in [0.25, 0.3) is 0 Å². The molecule has 0 N–H and O–H groups in total. The molecule has 2 atom stereocenters. The van der Waals surface area contributed by atoms with Crippen molar-refractivity contribution in [3.8, 4) is 6.07 Å². The van der Waals surface area contributed by atoms with Crippen LogP contribution in [0.3, 0.4) is 0 Å². The first-order valence-electron chi connectivity index (χ1n) is 11.5. The van der Waals surface area contributed by atoms with Gasteiger partial charge in [0.05, 0.1) is 23.1 Å². The molecule has 10 heteroatoms. The lowest BCUT2D eigenvalue weighted by Crippen LogP contribution is -2.44. The molecule has 2 fully saturated rings. The topological polar surface area (TPSA) is 76.9 Å². The summed E-state index contributed by atoms with van der Waals surface area (Å²) in [6.07, 6.45) is -3.18. The highest BCUT2D eigenvalue weighted by Gasteiger charge is 2.44. The van der Waals surface area contributed by atoms with E-state index in [0.29, 0.717) is 38.5 Å². The van der Waals surface area contributed by atoms with E-state index in [9.17, 15) is 22.8 Å². The lowest BCUT2D eigenvalue weighted by atomic mass is 9.78. The Morgan fingerprint density at radius 2 is 1.88 bits per heavy atom. The summed E-state index contributed by atoms with van der Waals surface area (Å²) in [5, 5.41) is 9.08. The molecule has 7 nitrogen and oxygen atoms in total. The molecule has 34 heavy (non-hydrogen) atoms. The van der Waals surface area contributed by atoms with Crippen LogP contribution in [0.5, 0.6) is 0 Å². The maximum absolute atomic E-state index is 13.5. The summed E-state index contributed by atoms with van der Waals surface area (Å²) < 4.78 is 45.7. The van der Waals surface area contributed by atoms with Crippen molar-refractivity contribution in [3.05, 3.63) is 29.3 Å². The first kappa shape index (κ1) is 25.8. The molecule has 186 valence electrons. The molecule has 0 aliphatic carbocycles. The molecular weight excluding hydrogens is 449 g/mol. The SMILES string of the molecule is CCOCC(=O)N1CCC([C@@H]2CN(c3ccc(C#N)c(C(F)(F)F)c3)C[C@H]2C(=O)N(C)C)CC1. The maximum atomic E-state index is 13.5. The van der Waals surface area contributed by atoms with E-state index in [-0.39, 0.29) is 36.2 Å². The molecule has 0 unspecified atom stereocenters. The van der Waals surface area contributed by atoms with Crippen LogP contribution >= 0.6 is 0 Å². The van der Waals surface area contributed by atoms with Gasteiger partial charge in [0.25, 0.3) is 0 Å². The van der Waals surface area contributed by atoms with Crippen molar-refractivity contribution in [2.24, 2.45) is 17.8 Å². The second-order valence-corrected chi connectivity index (χ2v) is 9.10. The molecule has 0 spiro atoms. The highest BCUT2D eigenvalue weighted by Crippen LogP contribution is 2.40. The molecule has 1 aromatic rings. The quantitative estimate of drug-likeness (QED) is 0.626. The number of anilines is 1. The minimum atomic E-state index is -4.64. The van der Waals surface area contributed by atoms with Gasteiger partial charge >= 0.3 is 6.18 Å². The van der Waals surface area contributed by atoms with Crippen LogP contribution in [-0.4, -0.2) is 75.1 Å². The van der Waals surface area contributed by atoms with Crippen LogP contribution in [-0.2, 0) is 20.5 Å². The zero-order valence-electron chi connectivity index (χ0n) is 19.8. The van der Waals surface area contributed by atoms with Gasteiger partial charge in [0.2, 0.25) is 11.8 Å². The average Bonchev–Trinajstić information content (AvgIpc) is 3.26.